The highest BCUT2D eigenvalue weighted by Gasteiger charge is 2.18. The summed E-state index contributed by atoms with van der Waals surface area (Å²) in [7, 11) is -3.82. The highest BCUT2D eigenvalue weighted by Crippen LogP contribution is 2.28. The van der Waals surface area contributed by atoms with Gasteiger partial charge in [-0.1, -0.05) is 29.8 Å². The Morgan fingerprint density at radius 3 is 2.26 bits per heavy atom. The van der Waals surface area contributed by atoms with E-state index in [-0.39, 0.29) is 10.6 Å². The van der Waals surface area contributed by atoms with E-state index in [0.717, 1.165) is 11.1 Å². The molecule has 0 atom stereocenters. The average Bonchev–Trinajstić information content (AvgIpc) is 2.35. The predicted molar refractivity (Wildman–Crippen MR) is 77.4 cm³/mol. The van der Waals surface area contributed by atoms with Gasteiger partial charge in [0.15, 0.2) is 5.75 Å². The second-order valence-corrected chi connectivity index (χ2v) is 6.27. The van der Waals surface area contributed by atoms with Crippen molar-refractivity contribution >= 4 is 22.7 Å². The molecule has 0 saturated heterocycles. The van der Waals surface area contributed by atoms with E-state index in [4.69, 9.17) is 4.18 Å². The topological polar surface area (TPSA) is 43.4 Å². The van der Waals surface area contributed by atoms with E-state index >= 15 is 0 Å². The van der Waals surface area contributed by atoms with Gasteiger partial charge in [-0.05, 0) is 37.6 Å². The molecule has 0 aromatic heterocycles. The molecule has 0 unspecified atom stereocenters. The van der Waals surface area contributed by atoms with Crippen molar-refractivity contribution in [1.82, 2.24) is 0 Å². The van der Waals surface area contributed by atoms with E-state index in [9.17, 15) is 8.42 Å². The minimum absolute atomic E-state index is 0.132. The lowest BCUT2D eigenvalue weighted by atomic mass is 10.2. The second-order valence-electron chi connectivity index (χ2n) is 4.27. The quantitative estimate of drug-likeness (QED) is 0.697. The SMILES string of the molecule is Cc1ccc(S(=O)(=O)Oc2cccc(C)c2S)cc1. The van der Waals surface area contributed by atoms with Crippen molar-refractivity contribution in [1.29, 1.82) is 0 Å². The van der Waals surface area contributed by atoms with Crippen LogP contribution >= 0.6 is 12.6 Å². The van der Waals surface area contributed by atoms with E-state index in [1.165, 1.54) is 12.1 Å². The Morgan fingerprint density at radius 1 is 1.00 bits per heavy atom. The molecule has 2 aromatic carbocycles. The van der Waals surface area contributed by atoms with E-state index in [1.807, 2.05) is 19.9 Å². The van der Waals surface area contributed by atoms with Crippen LogP contribution in [0.15, 0.2) is 52.3 Å². The van der Waals surface area contributed by atoms with Crippen molar-refractivity contribution in [2.75, 3.05) is 0 Å². The third-order valence-electron chi connectivity index (χ3n) is 2.71. The standard InChI is InChI=1S/C14H14O3S2/c1-10-6-8-12(9-7-10)19(15,16)17-13-5-3-4-11(2)14(13)18/h3-9,18H,1-2H3. The Balaban J connectivity index is 2.36. The molecule has 5 heteroatoms. The van der Waals surface area contributed by atoms with Crippen molar-refractivity contribution in [3.8, 4) is 5.75 Å². The molecule has 0 spiro atoms. The van der Waals surface area contributed by atoms with Gasteiger partial charge in [0, 0.05) is 0 Å². The molecule has 0 amide bonds. The summed E-state index contributed by atoms with van der Waals surface area (Å²) in [4.78, 5) is 0.658. The molecule has 0 saturated carbocycles. The molecule has 0 heterocycles. The van der Waals surface area contributed by atoms with Crippen LogP contribution in [0.1, 0.15) is 11.1 Å². The van der Waals surface area contributed by atoms with Gasteiger partial charge in [0.2, 0.25) is 0 Å². The van der Waals surface area contributed by atoms with Crippen LogP contribution < -0.4 is 4.18 Å². The van der Waals surface area contributed by atoms with E-state index in [2.05, 4.69) is 12.6 Å². The van der Waals surface area contributed by atoms with Crippen molar-refractivity contribution in [2.45, 2.75) is 23.6 Å². The van der Waals surface area contributed by atoms with Crippen LogP contribution in [0.2, 0.25) is 0 Å². The minimum Gasteiger partial charge on any atom is -0.378 e. The fourth-order valence-electron chi connectivity index (χ4n) is 1.57. The molecule has 0 radical (unpaired) electrons. The summed E-state index contributed by atoms with van der Waals surface area (Å²) in [5.74, 6) is 0.240. The Morgan fingerprint density at radius 2 is 1.63 bits per heavy atom. The molecule has 0 bridgehead atoms. The molecule has 0 N–H and O–H groups in total. The number of benzene rings is 2. The fourth-order valence-corrected chi connectivity index (χ4v) is 2.77. The lowest BCUT2D eigenvalue weighted by molar-refractivity contribution is 0.480. The maximum Gasteiger partial charge on any atom is 0.339 e. The number of hydrogen-bond donors (Lipinski definition) is 1. The van der Waals surface area contributed by atoms with Crippen LogP contribution in [0.5, 0.6) is 5.75 Å². The third kappa shape index (κ3) is 3.11. The summed E-state index contributed by atoms with van der Waals surface area (Å²) in [6.07, 6.45) is 0. The van der Waals surface area contributed by atoms with Gasteiger partial charge in [0.05, 0.1) is 4.90 Å². The smallest absolute Gasteiger partial charge is 0.339 e. The molecule has 0 aliphatic rings. The molecule has 2 rings (SSSR count). The van der Waals surface area contributed by atoms with E-state index < -0.39 is 10.1 Å². The normalized spacial score (nSPS) is 11.3. The largest absolute Gasteiger partial charge is 0.378 e. The minimum atomic E-state index is -3.82. The van der Waals surface area contributed by atoms with Gasteiger partial charge in [-0.3, -0.25) is 0 Å². The lowest BCUT2D eigenvalue weighted by Crippen LogP contribution is -2.10. The zero-order valence-electron chi connectivity index (χ0n) is 10.6. The van der Waals surface area contributed by atoms with Gasteiger partial charge >= 0.3 is 10.1 Å². The molecular formula is C14H14O3S2. The number of aryl methyl sites for hydroxylation is 2. The molecule has 3 nitrogen and oxygen atoms in total. The van der Waals surface area contributed by atoms with Crippen LogP contribution in [0, 0.1) is 13.8 Å². The predicted octanol–water partition coefficient (Wildman–Crippen LogP) is 3.36. The van der Waals surface area contributed by atoms with E-state index in [1.54, 1.807) is 24.3 Å². The van der Waals surface area contributed by atoms with Gasteiger partial charge in [-0.15, -0.1) is 12.6 Å². The first-order valence-corrected chi connectivity index (χ1v) is 7.55. The number of thiol groups is 1. The molecule has 0 aliphatic carbocycles. The van der Waals surface area contributed by atoms with Crippen molar-refractivity contribution in [3.63, 3.8) is 0 Å². The first-order valence-electron chi connectivity index (χ1n) is 5.70. The highest BCUT2D eigenvalue weighted by molar-refractivity contribution is 7.87. The molecule has 2 aromatic rings. The van der Waals surface area contributed by atoms with Crippen molar-refractivity contribution < 1.29 is 12.6 Å². The Kier molecular flexibility index (Phi) is 3.87. The molecule has 0 aliphatic heterocycles. The zero-order chi connectivity index (χ0) is 14.0. The van der Waals surface area contributed by atoms with Gasteiger partial charge in [0.25, 0.3) is 0 Å². The van der Waals surface area contributed by atoms with Gasteiger partial charge in [0.1, 0.15) is 4.90 Å². The Hall–Kier alpha value is -1.46. The van der Waals surface area contributed by atoms with Crippen LogP contribution in [0.4, 0.5) is 0 Å². The summed E-state index contributed by atoms with van der Waals surface area (Å²) in [5, 5.41) is 0. The average molecular weight is 294 g/mol. The van der Waals surface area contributed by atoms with Crippen molar-refractivity contribution in [3.05, 3.63) is 53.6 Å². The summed E-state index contributed by atoms with van der Waals surface area (Å²) in [5.41, 5.74) is 1.85. The molecule has 100 valence electrons. The summed E-state index contributed by atoms with van der Waals surface area (Å²) in [6.45, 7) is 3.73. The molecular weight excluding hydrogens is 280 g/mol. The van der Waals surface area contributed by atoms with Gasteiger partial charge < -0.3 is 4.18 Å². The fraction of sp³-hybridized carbons (Fsp3) is 0.143. The highest BCUT2D eigenvalue weighted by atomic mass is 32.2. The monoisotopic (exact) mass is 294 g/mol. The second kappa shape index (κ2) is 5.27. The Bertz CT molecular complexity index is 689. The maximum atomic E-state index is 12.1. The lowest BCUT2D eigenvalue weighted by Gasteiger charge is -2.10. The first-order chi connectivity index (χ1) is 8.90. The van der Waals surface area contributed by atoms with Gasteiger partial charge in [-0.2, -0.15) is 8.42 Å². The maximum absolute atomic E-state index is 12.1. The third-order valence-corrected chi connectivity index (χ3v) is 4.53. The summed E-state index contributed by atoms with van der Waals surface area (Å²) >= 11 is 4.26. The van der Waals surface area contributed by atoms with E-state index in [0.29, 0.717) is 4.90 Å². The van der Waals surface area contributed by atoms with Crippen LogP contribution in [-0.2, 0) is 10.1 Å². The van der Waals surface area contributed by atoms with Gasteiger partial charge in [-0.25, -0.2) is 0 Å². The summed E-state index contributed by atoms with van der Waals surface area (Å²) < 4.78 is 29.4. The molecule has 19 heavy (non-hydrogen) atoms. The Labute approximate surface area is 118 Å². The summed E-state index contributed by atoms with van der Waals surface area (Å²) in [6, 6.07) is 11.7. The number of rotatable bonds is 3. The van der Waals surface area contributed by atoms with Crippen LogP contribution in [-0.4, -0.2) is 8.42 Å². The first kappa shape index (κ1) is 14.0. The van der Waals surface area contributed by atoms with Crippen LogP contribution in [0.3, 0.4) is 0 Å². The number of hydrogen-bond acceptors (Lipinski definition) is 4. The zero-order valence-corrected chi connectivity index (χ0v) is 12.3. The van der Waals surface area contributed by atoms with Crippen molar-refractivity contribution in [2.24, 2.45) is 0 Å². The molecule has 0 fully saturated rings. The van der Waals surface area contributed by atoms with Crippen LogP contribution in [0.25, 0.3) is 0 Å².